The molecule has 0 aliphatic rings. The van der Waals surface area contributed by atoms with E-state index in [1.54, 1.807) is 32.4 Å². The fraction of sp³-hybridized carbons (Fsp3) is 0.350. The van der Waals surface area contributed by atoms with Gasteiger partial charge in [0.2, 0.25) is 0 Å². The Morgan fingerprint density at radius 1 is 1.00 bits per heavy atom. The fourth-order valence-electron chi connectivity index (χ4n) is 2.30. The Balaban J connectivity index is 2.17. The molecule has 2 aromatic rings. The fourth-order valence-corrected chi connectivity index (χ4v) is 2.30. The van der Waals surface area contributed by atoms with Gasteiger partial charge in [-0.25, -0.2) is 0 Å². The van der Waals surface area contributed by atoms with Gasteiger partial charge in [0.25, 0.3) is 5.91 Å². The van der Waals surface area contributed by atoms with E-state index in [4.69, 9.17) is 14.2 Å². The molecule has 5 heteroatoms. The van der Waals surface area contributed by atoms with Gasteiger partial charge >= 0.3 is 0 Å². The number of carbonyl (C=O) groups excluding carboxylic acids is 1. The molecule has 0 heterocycles. The van der Waals surface area contributed by atoms with Crippen molar-refractivity contribution in [3.05, 3.63) is 53.6 Å². The van der Waals surface area contributed by atoms with Gasteiger partial charge in [-0.15, -0.1) is 0 Å². The maximum atomic E-state index is 12.4. The van der Waals surface area contributed by atoms with Crippen LogP contribution in [0.4, 0.5) is 0 Å². The predicted octanol–water partition coefficient (Wildman–Crippen LogP) is 3.81. The van der Waals surface area contributed by atoms with E-state index in [0.29, 0.717) is 17.1 Å². The second-order valence-electron chi connectivity index (χ2n) is 6.70. The van der Waals surface area contributed by atoms with Crippen LogP contribution in [0.5, 0.6) is 17.2 Å². The molecule has 5 nitrogen and oxygen atoms in total. The number of amides is 1. The SMILES string of the molecule is COc1cccc(OCc2cc(C(=O)NC(C)(C)C)ccc2OC)c1. The molecule has 1 N–H and O–H groups in total. The predicted molar refractivity (Wildman–Crippen MR) is 97.5 cm³/mol. The zero-order valence-corrected chi connectivity index (χ0v) is 15.4. The van der Waals surface area contributed by atoms with Gasteiger partial charge in [-0.1, -0.05) is 6.07 Å². The van der Waals surface area contributed by atoms with Gasteiger partial charge in [0.05, 0.1) is 14.2 Å². The lowest BCUT2D eigenvalue weighted by atomic mass is 10.1. The topological polar surface area (TPSA) is 56.8 Å². The highest BCUT2D eigenvalue weighted by Crippen LogP contribution is 2.24. The minimum atomic E-state index is -0.297. The van der Waals surface area contributed by atoms with Crippen molar-refractivity contribution in [1.82, 2.24) is 5.32 Å². The molecule has 2 rings (SSSR count). The lowest BCUT2D eigenvalue weighted by molar-refractivity contribution is 0.0919. The zero-order chi connectivity index (χ0) is 18.4. The smallest absolute Gasteiger partial charge is 0.251 e. The summed E-state index contributed by atoms with van der Waals surface area (Å²) in [4.78, 5) is 12.4. The van der Waals surface area contributed by atoms with E-state index in [9.17, 15) is 4.79 Å². The Labute approximate surface area is 148 Å². The monoisotopic (exact) mass is 343 g/mol. The first-order valence-electron chi connectivity index (χ1n) is 8.08. The van der Waals surface area contributed by atoms with Gasteiger partial charge in [0.1, 0.15) is 23.9 Å². The molecule has 0 fully saturated rings. The van der Waals surface area contributed by atoms with Crippen LogP contribution >= 0.6 is 0 Å². The standard InChI is InChI=1S/C20H25NO4/c1-20(2,3)21-19(22)14-9-10-18(24-5)15(11-14)13-25-17-8-6-7-16(12-17)23-4/h6-12H,13H2,1-5H3,(H,21,22). The number of hydrogen-bond donors (Lipinski definition) is 1. The quantitative estimate of drug-likeness (QED) is 0.866. The highest BCUT2D eigenvalue weighted by Gasteiger charge is 2.17. The normalized spacial score (nSPS) is 10.9. The number of benzene rings is 2. The zero-order valence-electron chi connectivity index (χ0n) is 15.4. The van der Waals surface area contributed by atoms with Gasteiger partial charge in [0, 0.05) is 22.7 Å². The molecule has 0 unspecified atom stereocenters. The Morgan fingerprint density at radius 3 is 2.36 bits per heavy atom. The summed E-state index contributed by atoms with van der Waals surface area (Å²) < 4.78 is 16.4. The Bertz CT molecular complexity index is 735. The van der Waals surface area contributed by atoms with E-state index in [2.05, 4.69) is 5.32 Å². The number of hydrogen-bond acceptors (Lipinski definition) is 4. The number of nitrogens with one attached hydrogen (secondary N) is 1. The van der Waals surface area contributed by atoms with E-state index in [1.165, 1.54) is 0 Å². The van der Waals surface area contributed by atoms with Crippen LogP contribution in [0.2, 0.25) is 0 Å². The molecule has 25 heavy (non-hydrogen) atoms. The number of carbonyl (C=O) groups is 1. The van der Waals surface area contributed by atoms with Crippen molar-refractivity contribution < 1.29 is 19.0 Å². The molecule has 0 aromatic heterocycles. The summed E-state index contributed by atoms with van der Waals surface area (Å²) in [6.45, 7) is 6.12. The van der Waals surface area contributed by atoms with Crippen molar-refractivity contribution in [3.8, 4) is 17.2 Å². The van der Waals surface area contributed by atoms with Crippen molar-refractivity contribution in [2.24, 2.45) is 0 Å². The van der Waals surface area contributed by atoms with Crippen LogP contribution in [0.1, 0.15) is 36.7 Å². The van der Waals surface area contributed by atoms with Crippen molar-refractivity contribution in [2.45, 2.75) is 32.9 Å². The summed E-state index contributed by atoms with van der Waals surface area (Å²) in [5.41, 5.74) is 1.07. The average Bonchev–Trinajstić information content (AvgIpc) is 2.58. The minimum absolute atomic E-state index is 0.127. The Hall–Kier alpha value is -2.69. The number of methoxy groups -OCH3 is 2. The third kappa shape index (κ3) is 5.41. The van der Waals surface area contributed by atoms with E-state index >= 15 is 0 Å². The number of ether oxygens (including phenoxy) is 3. The third-order valence-electron chi connectivity index (χ3n) is 3.47. The van der Waals surface area contributed by atoms with Crippen LogP contribution < -0.4 is 19.5 Å². The van der Waals surface area contributed by atoms with Crippen molar-refractivity contribution in [3.63, 3.8) is 0 Å². The van der Waals surface area contributed by atoms with E-state index in [0.717, 1.165) is 11.3 Å². The van der Waals surface area contributed by atoms with Crippen molar-refractivity contribution >= 4 is 5.91 Å². The lowest BCUT2D eigenvalue weighted by Gasteiger charge is -2.21. The Morgan fingerprint density at radius 2 is 1.72 bits per heavy atom. The molecule has 0 spiro atoms. The minimum Gasteiger partial charge on any atom is -0.497 e. The molecular weight excluding hydrogens is 318 g/mol. The molecule has 0 aliphatic heterocycles. The summed E-state index contributed by atoms with van der Waals surface area (Å²) in [7, 11) is 3.21. The van der Waals surface area contributed by atoms with Crippen LogP contribution in [-0.2, 0) is 6.61 Å². The van der Waals surface area contributed by atoms with Crippen LogP contribution in [0, 0.1) is 0 Å². The van der Waals surface area contributed by atoms with Crippen molar-refractivity contribution in [2.75, 3.05) is 14.2 Å². The molecule has 0 bridgehead atoms. The summed E-state index contributed by atoms with van der Waals surface area (Å²) in [5.74, 6) is 1.96. The molecular formula is C20H25NO4. The highest BCUT2D eigenvalue weighted by molar-refractivity contribution is 5.95. The first-order chi connectivity index (χ1) is 11.8. The first kappa shape index (κ1) is 18.6. The third-order valence-corrected chi connectivity index (χ3v) is 3.47. The molecule has 0 aliphatic carbocycles. The lowest BCUT2D eigenvalue weighted by Crippen LogP contribution is -2.40. The summed E-state index contributed by atoms with van der Waals surface area (Å²) in [6, 6.07) is 12.7. The van der Waals surface area contributed by atoms with Crippen LogP contribution in [-0.4, -0.2) is 25.7 Å². The van der Waals surface area contributed by atoms with Gasteiger partial charge in [-0.3, -0.25) is 4.79 Å². The molecule has 0 atom stereocenters. The second kappa shape index (κ2) is 7.92. The van der Waals surface area contributed by atoms with Crippen LogP contribution in [0.15, 0.2) is 42.5 Å². The van der Waals surface area contributed by atoms with Gasteiger partial charge in [0.15, 0.2) is 0 Å². The molecule has 1 amide bonds. The number of rotatable bonds is 6. The largest absolute Gasteiger partial charge is 0.497 e. The van der Waals surface area contributed by atoms with E-state index in [1.807, 2.05) is 45.0 Å². The van der Waals surface area contributed by atoms with E-state index < -0.39 is 0 Å². The second-order valence-corrected chi connectivity index (χ2v) is 6.70. The molecule has 0 radical (unpaired) electrons. The van der Waals surface area contributed by atoms with Gasteiger partial charge < -0.3 is 19.5 Å². The van der Waals surface area contributed by atoms with E-state index in [-0.39, 0.29) is 18.1 Å². The first-order valence-corrected chi connectivity index (χ1v) is 8.08. The summed E-state index contributed by atoms with van der Waals surface area (Å²) in [6.07, 6.45) is 0. The molecule has 0 saturated carbocycles. The van der Waals surface area contributed by atoms with Crippen LogP contribution in [0.25, 0.3) is 0 Å². The summed E-state index contributed by atoms with van der Waals surface area (Å²) >= 11 is 0. The molecule has 0 saturated heterocycles. The molecule has 134 valence electrons. The maximum absolute atomic E-state index is 12.4. The summed E-state index contributed by atoms with van der Waals surface area (Å²) in [5, 5.41) is 2.95. The maximum Gasteiger partial charge on any atom is 0.251 e. The highest BCUT2D eigenvalue weighted by atomic mass is 16.5. The Kier molecular flexibility index (Phi) is 5.91. The van der Waals surface area contributed by atoms with Crippen molar-refractivity contribution in [1.29, 1.82) is 0 Å². The van der Waals surface area contributed by atoms with Gasteiger partial charge in [-0.2, -0.15) is 0 Å². The molecule has 2 aromatic carbocycles. The van der Waals surface area contributed by atoms with Gasteiger partial charge in [-0.05, 0) is 51.1 Å². The average molecular weight is 343 g/mol. The van der Waals surface area contributed by atoms with Crippen LogP contribution in [0.3, 0.4) is 0 Å².